The molecule has 0 radical (unpaired) electrons. The number of benzene rings is 1. The van der Waals surface area contributed by atoms with Gasteiger partial charge in [-0.1, -0.05) is 12.1 Å². The molecule has 4 rings (SSSR count). The van der Waals surface area contributed by atoms with Gasteiger partial charge in [-0.05, 0) is 19.2 Å². The fraction of sp³-hybridized carbons (Fsp3) is 0.357. The smallest absolute Gasteiger partial charge is 0.255 e. The van der Waals surface area contributed by atoms with Crippen molar-refractivity contribution in [3.05, 3.63) is 24.3 Å². The molecule has 3 heterocycles. The van der Waals surface area contributed by atoms with E-state index >= 15 is 0 Å². The summed E-state index contributed by atoms with van der Waals surface area (Å²) in [6.07, 6.45) is 0.479. The third-order valence-corrected chi connectivity index (χ3v) is 4.36. The van der Waals surface area contributed by atoms with Gasteiger partial charge in [0.05, 0.1) is 11.6 Å². The number of rotatable bonds is 0. The molecule has 6 heteroatoms. The van der Waals surface area contributed by atoms with Crippen molar-refractivity contribution in [2.75, 3.05) is 18.9 Å². The molecule has 0 unspecified atom stereocenters. The Morgan fingerprint density at radius 1 is 1.50 bits per heavy atom. The number of amides is 1. The first-order chi connectivity index (χ1) is 9.65. The number of anilines is 1. The molecule has 1 spiro atoms. The van der Waals surface area contributed by atoms with Crippen LogP contribution in [0.25, 0.3) is 10.9 Å². The lowest BCUT2D eigenvalue weighted by molar-refractivity contribution is -0.122. The van der Waals surface area contributed by atoms with Gasteiger partial charge in [-0.2, -0.15) is 10.4 Å². The summed E-state index contributed by atoms with van der Waals surface area (Å²) in [6, 6.07) is 9.75. The van der Waals surface area contributed by atoms with Crippen LogP contribution in [0.3, 0.4) is 0 Å². The summed E-state index contributed by atoms with van der Waals surface area (Å²) in [7, 11) is 1.87. The highest BCUT2D eigenvalue weighted by Crippen LogP contribution is 2.42. The van der Waals surface area contributed by atoms with Crippen LogP contribution < -0.4 is 5.32 Å². The first-order valence-electron chi connectivity index (χ1n) is 6.55. The number of carbonyl (C=O) groups excluding carboxylic acids is 1. The topological polar surface area (TPSA) is 74.0 Å². The van der Waals surface area contributed by atoms with Crippen molar-refractivity contribution in [1.82, 2.24) is 14.7 Å². The molecule has 2 aliphatic rings. The molecule has 1 saturated heterocycles. The van der Waals surface area contributed by atoms with Crippen LogP contribution >= 0.6 is 0 Å². The van der Waals surface area contributed by atoms with Crippen LogP contribution in [-0.2, 0) is 10.3 Å². The summed E-state index contributed by atoms with van der Waals surface area (Å²) in [5, 5.41) is 17.7. The Morgan fingerprint density at radius 2 is 2.30 bits per heavy atom. The van der Waals surface area contributed by atoms with E-state index in [0.717, 1.165) is 16.7 Å². The van der Waals surface area contributed by atoms with Crippen molar-refractivity contribution in [3.8, 4) is 6.07 Å². The SMILES string of the molecule is CN1C[C@]2(C[C@H]1C#N)C(=O)Nc1c3ccccc3nn12. The zero-order chi connectivity index (χ0) is 13.9. The zero-order valence-corrected chi connectivity index (χ0v) is 11.0. The molecule has 2 aliphatic heterocycles. The zero-order valence-electron chi connectivity index (χ0n) is 11.0. The van der Waals surface area contributed by atoms with E-state index in [-0.39, 0.29) is 11.9 Å². The second-order valence-electron chi connectivity index (χ2n) is 5.53. The minimum Gasteiger partial charge on any atom is -0.308 e. The fourth-order valence-electron chi connectivity index (χ4n) is 3.31. The van der Waals surface area contributed by atoms with Gasteiger partial charge in [0.2, 0.25) is 0 Å². The van der Waals surface area contributed by atoms with Gasteiger partial charge >= 0.3 is 0 Å². The van der Waals surface area contributed by atoms with Crippen LogP contribution in [0.15, 0.2) is 24.3 Å². The molecule has 0 aliphatic carbocycles. The number of hydrogen-bond acceptors (Lipinski definition) is 4. The van der Waals surface area contributed by atoms with Crippen molar-refractivity contribution in [3.63, 3.8) is 0 Å². The van der Waals surface area contributed by atoms with E-state index < -0.39 is 5.54 Å². The summed E-state index contributed by atoms with van der Waals surface area (Å²) in [6.45, 7) is 0.512. The molecule has 20 heavy (non-hydrogen) atoms. The molecule has 1 aromatic heterocycles. The van der Waals surface area contributed by atoms with E-state index in [9.17, 15) is 10.1 Å². The minimum absolute atomic E-state index is 0.0599. The lowest BCUT2D eigenvalue weighted by atomic mass is 9.96. The fourth-order valence-corrected chi connectivity index (χ4v) is 3.31. The number of aromatic nitrogens is 2. The molecule has 2 aromatic rings. The number of nitriles is 1. The minimum atomic E-state index is -0.747. The van der Waals surface area contributed by atoms with E-state index in [1.165, 1.54) is 0 Å². The van der Waals surface area contributed by atoms with E-state index in [1.807, 2.05) is 36.2 Å². The average molecular weight is 267 g/mol. The van der Waals surface area contributed by atoms with E-state index in [4.69, 9.17) is 0 Å². The number of fused-ring (bicyclic) bond motifs is 4. The van der Waals surface area contributed by atoms with Crippen molar-refractivity contribution >= 4 is 22.6 Å². The molecular formula is C14H13N5O. The Kier molecular flexibility index (Phi) is 2.05. The third-order valence-electron chi connectivity index (χ3n) is 4.36. The van der Waals surface area contributed by atoms with Gasteiger partial charge in [0.25, 0.3) is 5.91 Å². The van der Waals surface area contributed by atoms with Crippen molar-refractivity contribution in [1.29, 1.82) is 5.26 Å². The lowest BCUT2D eigenvalue weighted by Gasteiger charge is -2.20. The Labute approximate surface area is 115 Å². The molecule has 1 N–H and O–H groups in total. The second-order valence-corrected chi connectivity index (χ2v) is 5.53. The van der Waals surface area contributed by atoms with Gasteiger partial charge in [-0.15, -0.1) is 0 Å². The number of hydrogen-bond donors (Lipinski definition) is 1. The van der Waals surface area contributed by atoms with Crippen molar-refractivity contribution < 1.29 is 4.79 Å². The maximum atomic E-state index is 12.5. The monoisotopic (exact) mass is 267 g/mol. The number of likely N-dealkylation sites (tertiary alicyclic amines) is 1. The van der Waals surface area contributed by atoms with Crippen LogP contribution in [-0.4, -0.2) is 40.2 Å². The van der Waals surface area contributed by atoms with Gasteiger partial charge < -0.3 is 5.32 Å². The van der Waals surface area contributed by atoms with Crippen LogP contribution in [0.5, 0.6) is 0 Å². The third kappa shape index (κ3) is 1.20. The number of nitrogens with one attached hydrogen (secondary N) is 1. The van der Waals surface area contributed by atoms with Crippen LogP contribution in [0.2, 0.25) is 0 Å². The molecule has 1 fully saturated rings. The standard InChI is InChI=1S/C14H13N5O/c1-18-8-14(6-9(18)7-15)13(20)16-12-10-4-2-3-5-11(10)17-19(12)14/h2-5,9H,6,8H2,1H3,(H,16,20)/t9-,14+/m0/s1. The second kappa shape index (κ2) is 3.58. The summed E-state index contributed by atoms with van der Waals surface area (Å²) in [5.41, 5.74) is 0.119. The van der Waals surface area contributed by atoms with Gasteiger partial charge in [0.15, 0.2) is 5.54 Å². The Bertz CT molecular complexity index is 773. The highest BCUT2D eigenvalue weighted by Gasteiger charge is 2.55. The Hall–Kier alpha value is -2.39. The first-order valence-corrected chi connectivity index (χ1v) is 6.55. The van der Waals surface area contributed by atoms with Crippen LogP contribution in [0.4, 0.5) is 5.82 Å². The quantitative estimate of drug-likeness (QED) is 0.770. The lowest BCUT2D eigenvalue weighted by Crippen LogP contribution is -2.41. The van der Waals surface area contributed by atoms with Gasteiger partial charge in [-0.3, -0.25) is 9.69 Å². The summed E-state index contributed by atoms with van der Waals surface area (Å²) < 4.78 is 1.79. The van der Waals surface area contributed by atoms with Crippen LogP contribution in [0, 0.1) is 11.3 Å². The predicted octanol–water partition coefficient (Wildman–Crippen LogP) is 0.911. The maximum Gasteiger partial charge on any atom is 0.255 e. The summed E-state index contributed by atoms with van der Waals surface area (Å²) >= 11 is 0. The Morgan fingerprint density at radius 3 is 3.05 bits per heavy atom. The Balaban J connectivity index is 1.93. The van der Waals surface area contributed by atoms with E-state index in [1.54, 1.807) is 4.68 Å². The molecule has 1 aromatic carbocycles. The van der Waals surface area contributed by atoms with Crippen molar-refractivity contribution in [2.24, 2.45) is 0 Å². The number of likely N-dealkylation sites (N-methyl/N-ethyl adjacent to an activating group) is 1. The van der Waals surface area contributed by atoms with E-state index in [2.05, 4.69) is 16.5 Å². The maximum absolute atomic E-state index is 12.5. The first kappa shape index (κ1) is 11.4. The molecule has 0 saturated carbocycles. The van der Waals surface area contributed by atoms with Crippen LogP contribution in [0.1, 0.15) is 6.42 Å². The normalized spacial score (nSPS) is 28.8. The van der Waals surface area contributed by atoms with Crippen molar-refractivity contribution in [2.45, 2.75) is 18.0 Å². The molecule has 6 nitrogen and oxygen atoms in total. The average Bonchev–Trinajstić information content (AvgIpc) is 3.05. The highest BCUT2D eigenvalue weighted by molar-refractivity contribution is 6.07. The van der Waals surface area contributed by atoms with Gasteiger partial charge in [0, 0.05) is 18.4 Å². The predicted molar refractivity (Wildman–Crippen MR) is 73.0 cm³/mol. The number of nitrogens with zero attached hydrogens (tertiary/aromatic N) is 4. The molecule has 1 amide bonds. The van der Waals surface area contributed by atoms with Gasteiger partial charge in [-0.25, -0.2) is 4.68 Å². The molecule has 0 bridgehead atoms. The van der Waals surface area contributed by atoms with E-state index in [0.29, 0.717) is 13.0 Å². The highest BCUT2D eigenvalue weighted by atomic mass is 16.2. The summed E-state index contributed by atoms with van der Waals surface area (Å²) in [4.78, 5) is 14.4. The number of carbonyl (C=O) groups is 1. The molecule has 100 valence electrons. The molecular weight excluding hydrogens is 254 g/mol. The molecule has 2 atom stereocenters. The summed E-state index contributed by atoms with van der Waals surface area (Å²) in [5.74, 6) is 0.688. The largest absolute Gasteiger partial charge is 0.308 e. The van der Waals surface area contributed by atoms with Gasteiger partial charge in [0.1, 0.15) is 11.9 Å².